The van der Waals surface area contributed by atoms with Crippen LogP contribution in [0.5, 0.6) is 0 Å². The molecule has 1 aromatic heterocycles. The highest BCUT2D eigenvalue weighted by Gasteiger charge is 2.10. The average molecular weight is 311 g/mol. The standard InChI is InChI=1S/C15H15ClN2O.ClH/c1-11-5-7-18(8-6-11)10-15(19)17-14-9-13(16)4-3-12(14)2;/h3-9H,10H2,1-2H3;1H. The SMILES string of the molecule is Cc1cc[n+](CC(=O)Nc2cc(Cl)ccc2C)cc1.[Cl-]. The number of carbonyl (C=O) groups excluding carboxylic acids is 1. The number of amides is 1. The van der Waals surface area contributed by atoms with Gasteiger partial charge in [-0.15, -0.1) is 0 Å². The van der Waals surface area contributed by atoms with Gasteiger partial charge in [-0.1, -0.05) is 17.7 Å². The summed E-state index contributed by atoms with van der Waals surface area (Å²) >= 11 is 5.92. The normalized spacial score (nSPS) is 9.75. The van der Waals surface area contributed by atoms with Crippen molar-refractivity contribution in [2.24, 2.45) is 0 Å². The zero-order chi connectivity index (χ0) is 13.8. The molecule has 0 radical (unpaired) electrons. The number of nitrogens with one attached hydrogen (secondary N) is 1. The predicted molar refractivity (Wildman–Crippen MR) is 76.2 cm³/mol. The summed E-state index contributed by atoms with van der Waals surface area (Å²) in [5.41, 5.74) is 2.92. The van der Waals surface area contributed by atoms with Gasteiger partial charge in [0.15, 0.2) is 12.4 Å². The fourth-order valence-electron chi connectivity index (χ4n) is 1.72. The van der Waals surface area contributed by atoms with Gasteiger partial charge in [0.05, 0.1) is 0 Å². The number of aryl methyl sites for hydroxylation is 2. The van der Waals surface area contributed by atoms with Crippen molar-refractivity contribution < 1.29 is 21.8 Å². The molecule has 0 aliphatic heterocycles. The molecule has 2 aromatic rings. The summed E-state index contributed by atoms with van der Waals surface area (Å²) in [6.45, 7) is 4.23. The van der Waals surface area contributed by atoms with Gasteiger partial charge >= 0.3 is 0 Å². The van der Waals surface area contributed by atoms with Crippen LogP contribution in [0.1, 0.15) is 11.1 Å². The van der Waals surface area contributed by atoms with E-state index in [2.05, 4.69) is 5.32 Å². The van der Waals surface area contributed by atoms with E-state index in [0.717, 1.165) is 11.3 Å². The molecule has 0 atom stereocenters. The fourth-order valence-corrected chi connectivity index (χ4v) is 1.89. The maximum absolute atomic E-state index is 12.0. The molecule has 0 unspecified atom stereocenters. The van der Waals surface area contributed by atoms with Crippen LogP contribution in [0.3, 0.4) is 0 Å². The topological polar surface area (TPSA) is 33.0 Å². The van der Waals surface area contributed by atoms with Crippen molar-refractivity contribution in [3.8, 4) is 0 Å². The van der Waals surface area contributed by atoms with E-state index in [0.29, 0.717) is 5.02 Å². The Morgan fingerprint density at radius 2 is 1.85 bits per heavy atom. The molecule has 0 saturated heterocycles. The second-order valence-corrected chi connectivity index (χ2v) is 4.99. The third-order valence-corrected chi connectivity index (χ3v) is 3.09. The molecule has 1 amide bonds. The highest BCUT2D eigenvalue weighted by molar-refractivity contribution is 6.31. The van der Waals surface area contributed by atoms with Gasteiger partial charge in [-0.3, -0.25) is 4.79 Å². The lowest BCUT2D eigenvalue weighted by molar-refractivity contribution is -0.684. The number of aromatic nitrogens is 1. The summed E-state index contributed by atoms with van der Waals surface area (Å²) in [7, 11) is 0. The van der Waals surface area contributed by atoms with E-state index in [9.17, 15) is 4.79 Å². The molecule has 20 heavy (non-hydrogen) atoms. The third-order valence-electron chi connectivity index (χ3n) is 2.86. The van der Waals surface area contributed by atoms with Crippen molar-refractivity contribution in [2.45, 2.75) is 20.4 Å². The maximum atomic E-state index is 12.0. The van der Waals surface area contributed by atoms with Gasteiger partial charge in [0.1, 0.15) is 0 Å². The lowest BCUT2D eigenvalue weighted by Crippen LogP contribution is -3.00. The molecule has 0 fully saturated rings. The van der Waals surface area contributed by atoms with Crippen molar-refractivity contribution in [1.82, 2.24) is 0 Å². The zero-order valence-corrected chi connectivity index (χ0v) is 12.9. The van der Waals surface area contributed by atoms with E-state index in [-0.39, 0.29) is 24.9 Å². The largest absolute Gasteiger partial charge is 1.00 e. The predicted octanol–water partition coefficient (Wildman–Crippen LogP) is -0.113. The molecule has 0 spiro atoms. The molecule has 3 nitrogen and oxygen atoms in total. The number of anilines is 1. The minimum absolute atomic E-state index is 0. The Bertz CT molecular complexity index is 597. The molecule has 0 aliphatic rings. The van der Waals surface area contributed by atoms with E-state index in [4.69, 9.17) is 11.6 Å². The lowest BCUT2D eigenvalue weighted by Gasteiger charge is -2.07. The van der Waals surface area contributed by atoms with Gasteiger partial charge in [0, 0.05) is 22.8 Å². The third kappa shape index (κ3) is 4.51. The Kier molecular flexibility index (Phi) is 5.99. The van der Waals surface area contributed by atoms with Crippen molar-refractivity contribution in [3.05, 3.63) is 58.9 Å². The zero-order valence-electron chi connectivity index (χ0n) is 11.4. The molecule has 106 valence electrons. The number of pyridine rings is 1. The summed E-state index contributed by atoms with van der Waals surface area (Å²) in [6, 6.07) is 9.39. The van der Waals surface area contributed by atoms with Gasteiger partial charge in [-0.25, -0.2) is 0 Å². The fraction of sp³-hybridized carbons (Fsp3) is 0.200. The van der Waals surface area contributed by atoms with Gasteiger partial charge in [-0.05, 0) is 37.1 Å². The average Bonchev–Trinajstić information content (AvgIpc) is 2.37. The van der Waals surface area contributed by atoms with Crippen LogP contribution in [0.2, 0.25) is 5.02 Å². The molecule has 1 heterocycles. The first-order valence-electron chi connectivity index (χ1n) is 6.06. The summed E-state index contributed by atoms with van der Waals surface area (Å²) in [5.74, 6) is -0.0702. The van der Waals surface area contributed by atoms with E-state index >= 15 is 0 Å². The Hall–Kier alpha value is -1.58. The Morgan fingerprint density at radius 3 is 2.50 bits per heavy atom. The van der Waals surface area contributed by atoms with Crippen LogP contribution in [0, 0.1) is 13.8 Å². The van der Waals surface area contributed by atoms with E-state index in [1.165, 1.54) is 5.56 Å². The van der Waals surface area contributed by atoms with Crippen molar-refractivity contribution >= 4 is 23.2 Å². The first kappa shape index (κ1) is 16.5. The second kappa shape index (κ2) is 7.27. The number of benzene rings is 1. The van der Waals surface area contributed by atoms with Gasteiger partial charge in [0.25, 0.3) is 5.91 Å². The van der Waals surface area contributed by atoms with Crippen molar-refractivity contribution in [3.63, 3.8) is 0 Å². The highest BCUT2D eigenvalue weighted by atomic mass is 35.5. The van der Waals surface area contributed by atoms with Gasteiger partial charge < -0.3 is 17.7 Å². The Morgan fingerprint density at radius 1 is 1.20 bits per heavy atom. The Balaban J connectivity index is 0.00000200. The van der Waals surface area contributed by atoms with Crippen LogP contribution in [-0.2, 0) is 11.3 Å². The number of hydrogen-bond donors (Lipinski definition) is 1. The molecule has 0 bridgehead atoms. The molecule has 1 N–H and O–H groups in total. The van der Waals surface area contributed by atoms with Crippen LogP contribution in [-0.4, -0.2) is 5.91 Å². The summed E-state index contributed by atoms with van der Waals surface area (Å²) < 4.78 is 1.84. The highest BCUT2D eigenvalue weighted by Crippen LogP contribution is 2.19. The monoisotopic (exact) mass is 310 g/mol. The van der Waals surface area contributed by atoms with E-state index < -0.39 is 0 Å². The van der Waals surface area contributed by atoms with Crippen LogP contribution in [0.25, 0.3) is 0 Å². The Labute approximate surface area is 130 Å². The number of hydrogen-bond acceptors (Lipinski definition) is 1. The van der Waals surface area contributed by atoms with E-state index in [1.807, 2.05) is 49.0 Å². The van der Waals surface area contributed by atoms with Gasteiger partial charge in [-0.2, -0.15) is 4.57 Å². The number of carbonyl (C=O) groups is 1. The van der Waals surface area contributed by atoms with Crippen molar-refractivity contribution in [2.75, 3.05) is 5.32 Å². The minimum atomic E-state index is -0.0702. The van der Waals surface area contributed by atoms with Crippen molar-refractivity contribution in [1.29, 1.82) is 0 Å². The quantitative estimate of drug-likeness (QED) is 0.788. The van der Waals surface area contributed by atoms with Crippen LogP contribution < -0.4 is 22.3 Å². The van der Waals surface area contributed by atoms with Crippen LogP contribution in [0.15, 0.2) is 42.7 Å². The smallest absolute Gasteiger partial charge is 0.290 e. The summed E-state index contributed by atoms with van der Waals surface area (Å²) in [6.07, 6.45) is 3.78. The van der Waals surface area contributed by atoms with Crippen LogP contribution >= 0.6 is 11.6 Å². The molecule has 0 saturated carbocycles. The second-order valence-electron chi connectivity index (χ2n) is 4.56. The first-order chi connectivity index (χ1) is 9.04. The molecule has 0 aliphatic carbocycles. The van der Waals surface area contributed by atoms with Crippen LogP contribution in [0.4, 0.5) is 5.69 Å². The molecule has 5 heteroatoms. The molecular formula is C15H16Cl2N2O. The minimum Gasteiger partial charge on any atom is -1.00 e. The lowest BCUT2D eigenvalue weighted by atomic mass is 10.2. The molecular weight excluding hydrogens is 295 g/mol. The molecule has 2 rings (SSSR count). The number of nitrogens with zero attached hydrogens (tertiary/aromatic N) is 1. The maximum Gasteiger partial charge on any atom is 0.290 e. The van der Waals surface area contributed by atoms with E-state index in [1.54, 1.807) is 12.1 Å². The number of halogens is 2. The first-order valence-corrected chi connectivity index (χ1v) is 6.44. The van der Waals surface area contributed by atoms with Gasteiger partial charge in [0.2, 0.25) is 6.54 Å². The number of rotatable bonds is 3. The summed E-state index contributed by atoms with van der Waals surface area (Å²) in [5, 5.41) is 3.48. The molecule has 1 aromatic carbocycles. The summed E-state index contributed by atoms with van der Waals surface area (Å²) in [4.78, 5) is 12.0.